The molecule has 168 valence electrons. The summed E-state index contributed by atoms with van der Waals surface area (Å²) in [4.78, 5) is 12.5. The maximum atomic E-state index is 12.5. The molecule has 0 spiro atoms. The number of nitrogens with one attached hydrogen (secondary N) is 1. The number of amides is 1. The van der Waals surface area contributed by atoms with E-state index < -0.39 is 0 Å². The third-order valence-corrected chi connectivity index (χ3v) is 5.90. The SMILES string of the molecule is COc1cc(OC)cc(-c2nnc(SCC(=O)Nc3ccc(Cl)cc3)n2-c2ccccc2)c1. The molecule has 0 fully saturated rings. The fourth-order valence-corrected chi connectivity index (χ4v) is 4.04. The topological polar surface area (TPSA) is 78.3 Å². The van der Waals surface area contributed by atoms with Crippen molar-refractivity contribution >= 4 is 35.0 Å². The van der Waals surface area contributed by atoms with Crippen LogP contribution in [-0.2, 0) is 4.79 Å². The molecule has 4 rings (SSSR count). The molecule has 33 heavy (non-hydrogen) atoms. The molecular weight excluding hydrogens is 460 g/mol. The molecule has 1 N–H and O–H groups in total. The van der Waals surface area contributed by atoms with E-state index in [1.54, 1.807) is 44.6 Å². The third-order valence-electron chi connectivity index (χ3n) is 4.72. The van der Waals surface area contributed by atoms with E-state index in [1.807, 2.05) is 47.0 Å². The fraction of sp³-hybridized carbons (Fsp3) is 0.125. The summed E-state index contributed by atoms with van der Waals surface area (Å²) in [6.45, 7) is 0. The van der Waals surface area contributed by atoms with E-state index in [0.29, 0.717) is 33.2 Å². The number of para-hydroxylation sites is 1. The minimum absolute atomic E-state index is 0.158. The second-order valence-corrected chi connectivity index (χ2v) is 8.30. The van der Waals surface area contributed by atoms with Gasteiger partial charge in [0.05, 0.1) is 20.0 Å². The Hall–Kier alpha value is -3.49. The normalized spacial score (nSPS) is 10.6. The van der Waals surface area contributed by atoms with Gasteiger partial charge in [0, 0.05) is 28.0 Å². The minimum atomic E-state index is -0.158. The number of ether oxygens (including phenoxy) is 2. The number of benzene rings is 3. The maximum Gasteiger partial charge on any atom is 0.234 e. The highest BCUT2D eigenvalue weighted by molar-refractivity contribution is 7.99. The van der Waals surface area contributed by atoms with Crippen LogP contribution in [0.4, 0.5) is 5.69 Å². The Morgan fingerprint density at radius 3 is 2.27 bits per heavy atom. The van der Waals surface area contributed by atoms with E-state index in [4.69, 9.17) is 21.1 Å². The lowest BCUT2D eigenvalue weighted by Crippen LogP contribution is -2.14. The van der Waals surface area contributed by atoms with Gasteiger partial charge in [-0.2, -0.15) is 0 Å². The summed E-state index contributed by atoms with van der Waals surface area (Å²) in [7, 11) is 3.20. The summed E-state index contributed by atoms with van der Waals surface area (Å²) < 4.78 is 12.7. The van der Waals surface area contributed by atoms with E-state index in [2.05, 4.69) is 15.5 Å². The molecule has 4 aromatic rings. The van der Waals surface area contributed by atoms with Crippen LogP contribution in [0.2, 0.25) is 5.02 Å². The fourth-order valence-electron chi connectivity index (χ4n) is 3.16. The Balaban J connectivity index is 1.63. The maximum absolute atomic E-state index is 12.5. The van der Waals surface area contributed by atoms with Crippen LogP contribution in [0, 0.1) is 0 Å². The minimum Gasteiger partial charge on any atom is -0.497 e. The summed E-state index contributed by atoms with van der Waals surface area (Å²) >= 11 is 7.20. The van der Waals surface area contributed by atoms with E-state index in [1.165, 1.54) is 11.8 Å². The first kappa shape index (κ1) is 22.7. The Morgan fingerprint density at radius 2 is 1.64 bits per heavy atom. The molecule has 7 nitrogen and oxygen atoms in total. The van der Waals surface area contributed by atoms with Crippen LogP contribution in [0.25, 0.3) is 17.1 Å². The first-order valence-corrected chi connectivity index (χ1v) is 11.4. The van der Waals surface area contributed by atoms with Gasteiger partial charge >= 0.3 is 0 Å². The first-order valence-electron chi connectivity index (χ1n) is 10.00. The zero-order valence-electron chi connectivity index (χ0n) is 18.0. The number of nitrogens with zero attached hydrogens (tertiary/aromatic N) is 3. The highest BCUT2D eigenvalue weighted by atomic mass is 35.5. The number of aromatic nitrogens is 3. The molecule has 0 saturated carbocycles. The highest BCUT2D eigenvalue weighted by Gasteiger charge is 2.18. The van der Waals surface area contributed by atoms with Gasteiger partial charge in [-0.15, -0.1) is 10.2 Å². The molecule has 0 unspecified atom stereocenters. The molecule has 9 heteroatoms. The molecule has 0 saturated heterocycles. The van der Waals surface area contributed by atoms with Crippen LogP contribution in [0.15, 0.2) is 78.0 Å². The van der Waals surface area contributed by atoms with Crippen molar-refractivity contribution in [2.45, 2.75) is 5.16 Å². The zero-order valence-corrected chi connectivity index (χ0v) is 19.6. The van der Waals surface area contributed by atoms with Crippen LogP contribution < -0.4 is 14.8 Å². The zero-order chi connectivity index (χ0) is 23.2. The molecule has 0 aliphatic heterocycles. The molecular formula is C24H21ClN4O3S. The number of anilines is 1. The average molecular weight is 481 g/mol. The van der Waals surface area contributed by atoms with E-state index in [0.717, 1.165) is 11.3 Å². The largest absolute Gasteiger partial charge is 0.497 e. The number of carbonyl (C=O) groups excluding carboxylic acids is 1. The van der Waals surface area contributed by atoms with Crippen molar-refractivity contribution in [3.63, 3.8) is 0 Å². The monoisotopic (exact) mass is 480 g/mol. The molecule has 0 aliphatic carbocycles. The van der Waals surface area contributed by atoms with Crippen molar-refractivity contribution in [1.29, 1.82) is 0 Å². The Kier molecular flexibility index (Phi) is 7.16. The van der Waals surface area contributed by atoms with E-state index in [-0.39, 0.29) is 11.7 Å². The Morgan fingerprint density at radius 1 is 0.970 bits per heavy atom. The van der Waals surface area contributed by atoms with Crippen molar-refractivity contribution < 1.29 is 14.3 Å². The summed E-state index contributed by atoms with van der Waals surface area (Å²) in [5.74, 6) is 1.90. The van der Waals surface area contributed by atoms with Crippen molar-refractivity contribution in [3.05, 3.63) is 77.8 Å². The van der Waals surface area contributed by atoms with Gasteiger partial charge in [-0.1, -0.05) is 41.6 Å². The number of hydrogen-bond donors (Lipinski definition) is 1. The van der Waals surface area contributed by atoms with Crippen LogP contribution in [-0.4, -0.2) is 40.6 Å². The van der Waals surface area contributed by atoms with E-state index in [9.17, 15) is 4.79 Å². The van der Waals surface area contributed by atoms with Crippen molar-refractivity contribution in [1.82, 2.24) is 14.8 Å². The smallest absolute Gasteiger partial charge is 0.234 e. The third kappa shape index (κ3) is 5.47. The molecule has 0 radical (unpaired) electrons. The summed E-state index contributed by atoms with van der Waals surface area (Å²) in [6, 6.07) is 22.2. The lowest BCUT2D eigenvalue weighted by atomic mass is 10.2. The number of hydrogen-bond acceptors (Lipinski definition) is 6. The van der Waals surface area contributed by atoms with Crippen molar-refractivity contribution in [2.24, 2.45) is 0 Å². The van der Waals surface area contributed by atoms with Gasteiger partial charge in [-0.05, 0) is 48.5 Å². The summed E-state index contributed by atoms with van der Waals surface area (Å²) in [6.07, 6.45) is 0. The Bertz CT molecular complexity index is 1220. The van der Waals surface area contributed by atoms with Gasteiger partial charge < -0.3 is 14.8 Å². The number of carbonyl (C=O) groups is 1. The van der Waals surface area contributed by atoms with Gasteiger partial charge in [-0.25, -0.2) is 0 Å². The van der Waals surface area contributed by atoms with Gasteiger partial charge in [-0.3, -0.25) is 9.36 Å². The average Bonchev–Trinajstić information content (AvgIpc) is 3.28. The predicted octanol–water partition coefficient (Wildman–Crippen LogP) is 5.34. The van der Waals surface area contributed by atoms with Crippen LogP contribution >= 0.6 is 23.4 Å². The molecule has 1 amide bonds. The Labute approximate surface area is 200 Å². The molecule has 0 atom stereocenters. The number of thioether (sulfide) groups is 1. The predicted molar refractivity (Wildman–Crippen MR) is 131 cm³/mol. The standard InChI is InChI=1S/C24H21ClN4O3S/c1-31-20-12-16(13-21(14-20)32-2)23-27-28-24(29(23)19-6-4-3-5-7-19)33-15-22(30)26-18-10-8-17(25)9-11-18/h3-14H,15H2,1-2H3,(H,26,30). The quantitative estimate of drug-likeness (QED) is 0.343. The van der Waals surface area contributed by atoms with Gasteiger partial charge in [0.25, 0.3) is 0 Å². The van der Waals surface area contributed by atoms with Crippen LogP contribution in [0.3, 0.4) is 0 Å². The first-order chi connectivity index (χ1) is 16.1. The summed E-state index contributed by atoms with van der Waals surface area (Å²) in [5.41, 5.74) is 2.33. The van der Waals surface area contributed by atoms with Gasteiger partial charge in [0.2, 0.25) is 5.91 Å². The van der Waals surface area contributed by atoms with Crippen LogP contribution in [0.1, 0.15) is 0 Å². The highest BCUT2D eigenvalue weighted by Crippen LogP contribution is 2.32. The molecule has 3 aromatic carbocycles. The number of methoxy groups -OCH3 is 2. The van der Waals surface area contributed by atoms with Crippen LogP contribution in [0.5, 0.6) is 11.5 Å². The lowest BCUT2D eigenvalue weighted by molar-refractivity contribution is -0.113. The van der Waals surface area contributed by atoms with Crippen molar-refractivity contribution in [3.8, 4) is 28.6 Å². The number of rotatable bonds is 8. The van der Waals surface area contributed by atoms with Crippen molar-refractivity contribution in [2.75, 3.05) is 25.3 Å². The van der Waals surface area contributed by atoms with E-state index >= 15 is 0 Å². The van der Waals surface area contributed by atoms with Gasteiger partial charge in [0.15, 0.2) is 11.0 Å². The molecule has 1 aromatic heterocycles. The second-order valence-electron chi connectivity index (χ2n) is 6.92. The van der Waals surface area contributed by atoms with Gasteiger partial charge in [0.1, 0.15) is 11.5 Å². The molecule has 0 aliphatic rings. The molecule has 0 bridgehead atoms. The lowest BCUT2D eigenvalue weighted by Gasteiger charge is -2.12. The summed E-state index contributed by atoms with van der Waals surface area (Å²) in [5, 5.41) is 12.8. The second kappa shape index (κ2) is 10.4. The number of halogens is 1. The molecule has 1 heterocycles.